The molecule has 0 amide bonds. The summed E-state index contributed by atoms with van der Waals surface area (Å²) in [6.07, 6.45) is 9.69. The molecule has 0 aliphatic heterocycles. The van der Waals surface area contributed by atoms with Crippen molar-refractivity contribution >= 4 is 54.7 Å². The Morgan fingerprint density at radius 1 is 0.759 bits per heavy atom. The van der Waals surface area contributed by atoms with E-state index in [-0.39, 0.29) is 11.9 Å². The maximum atomic E-state index is 12.2. The van der Waals surface area contributed by atoms with Crippen molar-refractivity contribution in [1.29, 1.82) is 0 Å². The number of carbonyl (C=O) groups is 2. The molecule has 0 aromatic carbocycles. The molecule has 0 saturated carbocycles. The minimum absolute atomic E-state index is 0.229. The molecular weight excluding hydrogens is 511 g/mol. The van der Waals surface area contributed by atoms with E-state index in [1.807, 2.05) is 9.88 Å². The summed E-state index contributed by atoms with van der Waals surface area (Å²) in [7, 11) is 0. The molecule has 0 heterocycles. The molecular formula is C22H44O4S2Sn. The van der Waals surface area contributed by atoms with Crippen LogP contribution in [0.1, 0.15) is 79.1 Å². The summed E-state index contributed by atoms with van der Waals surface area (Å²) in [6, 6.07) is 0. The van der Waals surface area contributed by atoms with Crippen molar-refractivity contribution in [1.82, 2.24) is 0 Å². The van der Waals surface area contributed by atoms with E-state index in [1.54, 1.807) is 23.5 Å². The van der Waals surface area contributed by atoms with Crippen molar-refractivity contribution in [3.05, 3.63) is 0 Å². The summed E-state index contributed by atoms with van der Waals surface area (Å²) in [6.45, 7) is 8.84. The Kier molecular flexibility index (Phi) is 18.3. The number of carbonyl (C=O) groups excluding carboxylic acids is 2. The van der Waals surface area contributed by atoms with Crippen LogP contribution >= 0.6 is 23.5 Å². The van der Waals surface area contributed by atoms with Gasteiger partial charge in [0.1, 0.15) is 0 Å². The van der Waals surface area contributed by atoms with E-state index in [4.69, 9.17) is 6.15 Å². The third-order valence-electron chi connectivity index (χ3n) is 4.95. The molecule has 0 radical (unpaired) electrons. The molecule has 0 saturated heterocycles. The zero-order valence-electron chi connectivity index (χ0n) is 19.6. The van der Waals surface area contributed by atoms with E-state index in [2.05, 4.69) is 27.7 Å². The van der Waals surface area contributed by atoms with Crippen LogP contribution in [0.5, 0.6) is 0 Å². The van der Waals surface area contributed by atoms with E-state index >= 15 is 0 Å². The van der Waals surface area contributed by atoms with Crippen LogP contribution in [0.2, 0.25) is 9.88 Å². The van der Waals surface area contributed by atoms with Gasteiger partial charge in [-0.05, 0) is 0 Å². The number of hydrogen-bond donors (Lipinski definition) is 0. The molecule has 0 aromatic heterocycles. The summed E-state index contributed by atoms with van der Waals surface area (Å²) in [5, 5.41) is 0. The summed E-state index contributed by atoms with van der Waals surface area (Å²) >= 11 is -0.275. The van der Waals surface area contributed by atoms with Crippen molar-refractivity contribution < 1.29 is 15.7 Å². The molecule has 0 aliphatic rings. The van der Waals surface area contributed by atoms with Crippen molar-refractivity contribution in [3.8, 4) is 0 Å². The van der Waals surface area contributed by atoms with Crippen LogP contribution in [-0.4, -0.2) is 54.2 Å². The molecule has 0 N–H and O–H groups in total. The first-order valence-electron chi connectivity index (χ1n) is 11.4. The predicted molar refractivity (Wildman–Crippen MR) is 131 cm³/mol. The first-order chi connectivity index (χ1) is 13.8. The standard InChI is InChI=1S/2C10H20O2S.2CH3.Sn/c2*1-3-5-6-9(4-2)7-13-8-10(11)12;;;/h2*9H,3-8H2,1-2H3,(H,11,12);2*1H3;/q;;;;+2/p-2. The van der Waals surface area contributed by atoms with Crippen LogP contribution in [0.15, 0.2) is 0 Å². The minimum atomic E-state index is -3.56. The molecule has 0 rings (SSSR count). The average molecular weight is 555 g/mol. The van der Waals surface area contributed by atoms with E-state index in [1.165, 1.54) is 38.5 Å². The predicted octanol–water partition coefficient (Wildman–Crippen LogP) is 6.67. The molecule has 172 valence electrons. The van der Waals surface area contributed by atoms with E-state index in [9.17, 15) is 9.59 Å². The second-order valence-electron chi connectivity index (χ2n) is 8.21. The van der Waals surface area contributed by atoms with Crippen LogP contribution in [0, 0.1) is 11.8 Å². The third-order valence-corrected chi connectivity index (χ3v) is 11.4. The van der Waals surface area contributed by atoms with Gasteiger partial charge in [0.25, 0.3) is 0 Å². The van der Waals surface area contributed by atoms with Crippen molar-refractivity contribution in [3.63, 3.8) is 0 Å². The van der Waals surface area contributed by atoms with E-state index < -0.39 is 19.2 Å². The van der Waals surface area contributed by atoms with Gasteiger partial charge in [0.05, 0.1) is 0 Å². The molecule has 0 fully saturated rings. The van der Waals surface area contributed by atoms with Crippen LogP contribution in [0.3, 0.4) is 0 Å². The van der Waals surface area contributed by atoms with Gasteiger partial charge < -0.3 is 0 Å². The van der Waals surface area contributed by atoms with Gasteiger partial charge in [0.2, 0.25) is 0 Å². The second-order valence-corrected chi connectivity index (χ2v) is 19.4. The molecule has 0 spiro atoms. The van der Waals surface area contributed by atoms with Gasteiger partial charge in [-0.1, -0.05) is 0 Å². The number of hydrogen-bond acceptors (Lipinski definition) is 6. The van der Waals surface area contributed by atoms with Crippen LogP contribution in [-0.2, 0) is 15.7 Å². The summed E-state index contributed by atoms with van der Waals surface area (Å²) in [4.78, 5) is 28.0. The monoisotopic (exact) mass is 556 g/mol. The average Bonchev–Trinajstić information content (AvgIpc) is 2.66. The summed E-state index contributed by atoms with van der Waals surface area (Å²) in [5.41, 5.74) is 0. The van der Waals surface area contributed by atoms with Crippen molar-refractivity contribution in [2.45, 2.75) is 88.9 Å². The topological polar surface area (TPSA) is 52.6 Å². The van der Waals surface area contributed by atoms with Gasteiger partial charge >= 0.3 is 194 Å². The van der Waals surface area contributed by atoms with Crippen molar-refractivity contribution in [2.24, 2.45) is 11.8 Å². The normalized spacial score (nSPS) is 13.7. The first kappa shape index (κ1) is 29.4. The van der Waals surface area contributed by atoms with Gasteiger partial charge in [0.15, 0.2) is 0 Å². The van der Waals surface area contributed by atoms with Gasteiger partial charge in [-0.25, -0.2) is 0 Å². The van der Waals surface area contributed by atoms with Crippen LogP contribution < -0.4 is 0 Å². The Balaban J connectivity index is 4.12. The molecule has 0 aliphatic carbocycles. The van der Waals surface area contributed by atoms with Crippen LogP contribution in [0.4, 0.5) is 0 Å². The Morgan fingerprint density at radius 2 is 1.14 bits per heavy atom. The Morgan fingerprint density at radius 3 is 1.45 bits per heavy atom. The Bertz CT molecular complexity index is 409. The number of unbranched alkanes of at least 4 members (excludes halogenated alkanes) is 2. The van der Waals surface area contributed by atoms with E-state index in [0.717, 1.165) is 24.3 Å². The molecule has 2 atom stereocenters. The maximum absolute atomic E-state index is 12.2. The van der Waals surface area contributed by atoms with Gasteiger partial charge in [-0.15, -0.1) is 0 Å². The quantitative estimate of drug-likeness (QED) is 0.176. The van der Waals surface area contributed by atoms with Gasteiger partial charge in [-0.2, -0.15) is 0 Å². The zero-order chi connectivity index (χ0) is 22.1. The second kappa shape index (κ2) is 18.1. The first-order valence-corrected chi connectivity index (χ1v) is 21.7. The molecule has 0 aromatic rings. The zero-order valence-corrected chi connectivity index (χ0v) is 24.1. The number of rotatable bonds is 18. The fourth-order valence-electron chi connectivity index (χ4n) is 3.04. The molecule has 7 heteroatoms. The number of thioether (sulfide) groups is 2. The fourth-order valence-corrected chi connectivity index (χ4v) is 9.46. The third kappa shape index (κ3) is 16.8. The van der Waals surface area contributed by atoms with Gasteiger partial charge in [-0.3, -0.25) is 0 Å². The summed E-state index contributed by atoms with van der Waals surface area (Å²) in [5.74, 6) is 3.57. The Hall–Kier alpha value is 0.439. The SMILES string of the molecule is CCCCC(CC)CSCC(=O)[O][Sn]([CH3])([CH3])[O]C(=O)CSCC(CC)CCCC. The molecule has 29 heavy (non-hydrogen) atoms. The fraction of sp³-hybridized carbons (Fsp3) is 0.909. The van der Waals surface area contributed by atoms with E-state index in [0.29, 0.717) is 23.3 Å². The summed E-state index contributed by atoms with van der Waals surface area (Å²) < 4.78 is 11.2. The van der Waals surface area contributed by atoms with Crippen LogP contribution in [0.25, 0.3) is 0 Å². The van der Waals surface area contributed by atoms with Gasteiger partial charge in [0, 0.05) is 0 Å². The molecule has 0 bridgehead atoms. The molecule has 2 unspecified atom stereocenters. The van der Waals surface area contributed by atoms with Crippen molar-refractivity contribution in [2.75, 3.05) is 23.0 Å². The Labute approximate surface area is 193 Å². The molecule has 4 nitrogen and oxygen atoms in total.